The van der Waals surface area contributed by atoms with Crippen molar-refractivity contribution in [3.63, 3.8) is 0 Å². The van der Waals surface area contributed by atoms with Crippen molar-refractivity contribution < 1.29 is 9.66 Å². The van der Waals surface area contributed by atoms with Gasteiger partial charge in [0.1, 0.15) is 11.5 Å². The van der Waals surface area contributed by atoms with E-state index in [1.165, 1.54) is 12.1 Å². The Kier molecular flexibility index (Phi) is 3.93. The van der Waals surface area contributed by atoms with Crippen molar-refractivity contribution in [1.29, 1.82) is 0 Å². The lowest BCUT2D eigenvalue weighted by Gasteiger charge is -2.34. The molecule has 1 saturated heterocycles. The van der Waals surface area contributed by atoms with Gasteiger partial charge in [0.25, 0.3) is 5.69 Å². The number of ether oxygens (including phenoxy) is 1. The van der Waals surface area contributed by atoms with Gasteiger partial charge >= 0.3 is 0 Å². The van der Waals surface area contributed by atoms with Gasteiger partial charge in [0.15, 0.2) is 10.8 Å². The van der Waals surface area contributed by atoms with Crippen LogP contribution in [-0.4, -0.2) is 53.8 Å². The van der Waals surface area contributed by atoms with Crippen LogP contribution in [-0.2, 0) is 0 Å². The average molecular weight is 358 g/mol. The molecule has 4 rings (SSSR count). The Morgan fingerprint density at radius 3 is 2.72 bits per heavy atom. The first-order chi connectivity index (χ1) is 12.0. The number of aryl methyl sites for hydroxylation is 1. The number of nitro benzene ring substituents is 1. The van der Waals surface area contributed by atoms with Crippen molar-refractivity contribution in [2.24, 2.45) is 4.99 Å². The third-order valence-corrected chi connectivity index (χ3v) is 5.38. The van der Waals surface area contributed by atoms with Gasteiger partial charge in [-0.05, 0) is 26.1 Å². The molecule has 8 heteroatoms. The second kappa shape index (κ2) is 6.12. The molecule has 0 aliphatic carbocycles. The minimum atomic E-state index is -0.407. The van der Waals surface area contributed by atoms with E-state index in [2.05, 4.69) is 22.9 Å². The molecule has 0 amide bonds. The van der Waals surface area contributed by atoms with E-state index in [0.29, 0.717) is 11.4 Å². The quantitative estimate of drug-likeness (QED) is 0.577. The van der Waals surface area contributed by atoms with Crippen molar-refractivity contribution in [1.82, 2.24) is 9.80 Å². The van der Waals surface area contributed by atoms with Crippen LogP contribution in [0.1, 0.15) is 10.4 Å². The van der Waals surface area contributed by atoms with Crippen LogP contribution in [0.15, 0.2) is 29.3 Å². The van der Waals surface area contributed by atoms with Gasteiger partial charge in [0.05, 0.1) is 10.5 Å². The maximum Gasteiger partial charge on any atom is 0.271 e. The Morgan fingerprint density at radius 2 is 2.00 bits per heavy atom. The largest absolute Gasteiger partial charge is 0.444 e. The molecule has 0 unspecified atom stereocenters. The molecule has 3 heterocycles. The Morgan fingerprint density at radius 1 is 1.24 bits per heavy atom. The topological polar surface area (TPSA) is 71.2 Å². The number of nitrogens with zero attached hydrogens (tertiary/aromatic N) is 4. The number of non-ortho nitro benzene ring substituents is 1. The summed E-state index contributed by atoms with van der Waals surface area (Å²) in [6, 6.07) is 6.64. The van der Waals surface area contributed by atoms with E-state index >= 15 is 0 Å². The number of nitro groups is 1. The number of piperazine rings is 1. The number of likely N-dealkylation sites (N-methyl/N-ethyl adjacent to an activating group) is 1. The molecule has 0 saturated carbocycles. The molecule has 7 nitrogen and oxygen atoms in total. The van der Waals surface area contributed by atoms with Gasteiger partial charge in [0, 0.05) is 43.2 Å². The van der Waals surface area contributed by atoms with Gasteiger partial charge in [0.2, 0.25) is 0 Å². The first-order valence-corrected chi connectivity index (χ1v) is 8.92. The molecule has 0 atom stereocenters. The lowest BCUT2D eigenvalue weighted by atomic mass is 10.2. The van der Waals surface area contributed by atoms with E-state index in [0.717, 1.165) is 47.5 Å². The van der Waals surface area contributed by atoms with Crippen LogP contribution in [0.2, 0.25) is 0 Å². The fourth-order valence-electron chi connectivity index (χ4n) is 3.05. The third-order valence-electron chi connectivity index (χ3n) is 4.45. The van der Waals surface area contributed by atoms with E-state index in [1.54, 1.807) is 17.4 Å². The first kappa shape index (κ1) is 16.0. The summed E-state index contributed by atoms with van der Waals surface area (Å²) in [4.78, 5) is 21.2. The summed E-state index contributed by atoms with van der Waals surface area (Å²) in [7, 11) is 2.11. The molecule has 0 radical (unpaired) electrons. The number of aliphatic imine (C=N–C) groups is 1. The highest BCUT2D eigenvalue weighted by Gasteiger charge is 2.27. The zero-order valence-corrected chi connectivity index (χ0v) is 14.9. The summed E-state index contributed by atoms with van der Waals surface area (Å²) >= 11 is 1.57. The summed E-state index contributed by atoms with van der Waals surface area (Å²) in [6.45, 7) is 5.70. The molecule has 0 N–H and O–H groups in total. The van der Waals surface area contributed by atoms with Crippen LogP contribution < -0.4 is 4.74 Å². The maximum atomic E-state index is 11.1. The zero-order chi connectivity index (χ0) is 17.6. The van der Waals surface area contributed by atoms with E-state index < -0.39 is 4.92 Å². The van der Waals surface area contributed by atoms with E-state index in [1.807, 2.05) is 6.92 Å². The van der Waals surface area contributed by atoms with Crippen LogP contribution in [0.5, 0.6) is 10.8 Å². The van der Waals surface area contributed by atoms with Crippen molar-refractivity contribution in [3.8, 4) is 10.8 Å². The lowest BCUT2D eigenvalue weighted by Crippen LogP contribution is -2.47. The summed E-state index contributed by atoms with van der Waals surface area (Å²) in [5.74, 6) is 1.39. The molecule has 25 heavy (non-hydrogen) atoms. The second-order valence-electron chi connectivity index (χ2n) is 6.30. The predicted octanol–water partition coefficient (Wildman–Crippen LogP) is 3.40. The van der Waals surface area contributed by atoms with Crippen LogP contribution in [0, 0.1) is 17.0 Å². The molecule has 1 aromatic heterocycles. The van der Waals surface area contributed by atoms with Crippen molar-refractivity contribution in [3.05, 3.63) is 44.8 Å². The highest BCUT2D eigenvalue weighted by Crippen LogP contribution is 2.43. The first-order valence-electron chi connectivity index (χ1n) is 8.10. The molecule has 2 aromatic rings. The number of rotatable bonds is 1. The SMILES string of the molecule is Cc1cc2c(s1)Oc1ccc([N+](=O)[O-])cc1N=C2N1CCN(C)CC1. The van der Waals surface area contributed by atoms with Gasteiger partial charge < -0.3 is 14.5 Å². The van der Waals surface area contributed by atoms with Crippen LogP contribution in [0.4, 0.5) is 11.4 Å². The average Bonchev–Trinajstić information content (AvgIpc) is 2.87. The number of amidine groups is 1. The Bertz CT molecular complexity index is 869. The fourth-order valence-corrected chi connectivity index (χ4v) is 3.91. The van der Waals surface area contributed by atoms with E-state index in [4.69, 9.17) is 9.73 Å². The monoisotopic (exact) mass is 358 g/mol. The number of hydrogen-bond donors (Lipinski definition) is 0. The van der Waals surface area contributed by atoms with Crippen LogP contribution in [0.25, 0.3) is 0 Å². The summed E-state index contributed by atoms with van der Waals surface area (Å²) < 4.78 is 6.04. The van der Waals surface area contributed by atoms with Crippen molar-refractivity contribution >= 4 is 28.5 Å². The molecule has 1 fully saturated rings. The molecule has 2 aliphatic rings. The predicted molar refractivity (Wildman–Crippen MR) is 97.5 cm³/mol. The van der Waals surface area contributed by atoms with Gasteiger partial charge in [-0.2, -0.15) is 0 Å². The number of benzene rings is 1. The van der Waals surface area contributed by atoms with Crippen molar-refractivity contribution in [2.75, 3.05) is 33.2 Å². The maximum absolute atomic E-state index is 11.1. The highest BCUT2D eigenvalue weighted by atomic mass is 32.1. The number of thiophene rings is 1. The fraction of sp³-hybridized carbons (Fsp3) is 0.353. The minimum absolute atomic E-state index is 0.0188. The van der Waals surface area contributed by atoms with Crippen LogP contribution >= 0.6 is 11.3 Å². The molecule has 130 valence electrons. The standard InChI is InChI=1S/C17H18N4O3S/c1-11-9-13-16(20-7-5-19(2)6-8-20)18-14-10-12(21(22)23)3-4-15(14)24-17(13)25-11/h3-4,9-10H,5-8H2,1-2H3. The molecule has 0 spiro atoms. The number of hydrogen-bond acceptors (Lipinski definition) is 7. The smallest absolute Gasteiger partial charge is 0.271 e. The van der Waals surface area contributed by atoms with Crippen molar-refractivity contribution in [2.45, 2.75) is 6.92 Å². The van der Waals surface area contributed by atoms with E-state index in [9.17, 15) is 10.1 Å². The lowest BCUT2D eigenvalue weighted by molar-refractivity contribution is -0.384. The number of fused-ring (bicyclic) bond motifs is 2. The molecule has 0 bridgehead atoms. The van der Waals surface area contributed by atoms with Crippen LogP contribution in [0.3, 0.4) is 0 Å². The molecule has 1 aromatic carbocycles. The molecule has 2 aliphatic heterocycles. The molecular formula is C17H18N4O3S. The third kappa shape index (κ3) is 2.98. The normalized spacial score (nSPS) is 17.2. The summed E-state index contributed by atoms with van der Waals surface area (Å²) in [5, 5.41) is 11.9. The minimum Gasteiger partial charge on any atom is -0.444 e. The Balaban J connectivity index is 1.83. The zero-order valence-electron chi connectivity index (χ0n) is 14.1. The van der Waals surface area contributed by atoms with Gasteiger partial charge in [-0.25, -0.2) is 4.99 Å². The Hall–Kier alpha value is -2.45. The molecular weight excluding hydrogens is 340 g/mol. The highest BCUT2D eigenvalue weighted by molar-refractivity contribution is 7.14. The Labute approximate surface area is 149 Å². The summed E-state index contributed by atoms with van der Waals surface area (Å²) in [6.07, 6.45) is 0. The van der Waals surface area contributed by atoms with E-state index in [-0.39, 0.29) is 5.69 Å². The van der Waals surface area contributed by atoms with Gasteiger partial charge in [-0.15, -0.1) is 11.3 Å². The summed E-state index contributed by atoms with van der Waals surface area (Å²) in [5.41, 5.74) is 1.49. The second-order valence-corrected chi connectivity index (χ2v) is 7.51. The van der Waals surface area contributed by atoms with Gasteiger partial charge in [-0.3, -0.25) is 10.1 Å². The van der Waals surface area contributed by atoms with Gasteiger partial charge in [-0.1, -0.05) is 0 Å².